The highest BCUT2D eigenvalue weighted by Crippen LogP contribution is 2.46. The number of hydrogen-bond donors (Lipinski definition) is 1. The van der Waals surface area contributed by atoms with Crippen molar-refractivity contribution in [3.8, 4) is 16.2 Å². The second kappa shape index (κ2) is 13.2. The average molecular weight is 581 g/mol. The number of carboxylic acid groups (broad SMARTS) is 1. The van der Waals surface area contributed by atoms with Gasteiger partial charge in [-0.2, -0.15) is 0 Å². The minimum absolute atomic E-state index is 0.123. The highest BCUT2D eigenvalue weighted by atomic mass is 79.9. The molecule has 0 spiro atoms. The summed E-state index contributed by atoms with van der Waals surface area (Å²) in [6, 6.07) is 7.70. The number of esters is 1. The van der Waals surface area contributed by atoms with Gasteiger partial charge in [-0.15, -0.1) is 11.3 Å². The lowest BCUT2D eigenvalue weighted by Gasteiger charge is -2.30. The smallest absolute Gasteiger partial charge is 0.351 e. The minimum atomic E-state index is -1.15. The van der Waals surface area contributed by atoms with Gasteiger partial charge in [0.15, 0.2) is 17.2 Å². The Morgan fingerprint density at radius 3 is 2.56 bits per heavy atom. The molecular weight excluding hydrogens is 546 g/mol. The summed E-state index contributed by atoms with van der Waals surface area (Å²) in [6.07, 6.45) is 7.27. The van der Waals surface area contributed by atoms with E-state index < -0.39 is 18.5 Å². The van der Waals surface area contributed by atoms with Crippen LogP contribution >= 0.6 is 27.3 Å². The molecule has 1 amide bonds. The van der Waals surface area contributed by atoms with Crippen molar-refractivity contribution in [3.05, 3.63) is 33.6 Å². The number of carbonyl (C=O) groups excluding carboxylic acids is 2. The highest BCUT2D eigenvalue weighted by Gasteiger charge is 2.27. The quantitative estimate of drug-likeness (QED) is 0.295. The monoisotopic (exact) mass is 579 g/mol. The van der Waals surface area contributed by atoms with Crippen LogP contribution in [-0.2, 0) is 14.3 Å². The van der Waals surface area contributed by atoms with Crippen LogP contribution in [0.5, 0.6) is 5.75 Å². The Kier molecular flexibility index (Phi) is 10.4. The molecule has 0 aliphatic heterocycles. The molecule has 1 aliphatic carbocycles. The lowest BCUT2D eigenvalue weighted by atomic mass is 9.88. The maximum Gasteiger partial charge on any atom is 0.351 e. The van der Waals surface area contributed by atoms with Crippen molar-refractivity contribution in [2.24, 2.45) is 11.8 Å². The van der Waals surface area contributed by atoms with E-state index in [0.29, 0.717) is 34.2 Å². The van der Waals surface area contributed by atoms with Crippen molar-refractivity contribution in [3.63, 3.8) is 0 Å². The largest absolute Gasteiger partial charge is 0.479 e. The zero-order chi connectivity index (χ0) is 26.2. The number of amides is 1. The summed E-state index contributed by atoms with van der Waals surface area (Å²) < 4.78 is 10.8. The molecule has 0 saturated heterocycles. The highest BCUT2D eigenvalue weighted by molar-refractivity contribution is 9.10. The summed E-state index contributed by atoms with van der Waals surface area (Å²) in [5, 5.41) is 9.05. The Balaban J connectivity index is 1.97. The third-order valence-corrected chi connectivity index (χ3v) is 8.56. The third-order valence-electron chi connectivity index (χ3n) is 6.34. The summed E-state index contributed by atoms with van der Waals surface area (Å²) >= 11 is 4.66. The maximum absolute atomic E-state index is 13.4. The molecule has 1 saturated carbocycles. The molecule has 1 heterocycles. The molecule has 3 rings (SSSR count). The lowest BCUT2D eigenvalue weighted by molar-refractivity contribution is -0.139. The summed E-state index contributed by atoms with van der Waals surface area (Å²) in [7, 11) is 1.27. The van der Waals surface area contributed by atoms with Gasteiger partial charge in [0.05, 0.1) is 16.5 Å². The first-order valence-corrected chi connectivity index (χ1v) is 14.0. The second-order valence-corrected chi connectivity index (χ2v) is 11.4. The van der Waals surface area contributed by atoms with E-state index in [9.17, 15) is 14.4 Å². The zero-order valence-electron chi connectivity index (χ0n) is 21.0. The van der Waals surface area contributed by atoms with Gasteiger partial charge in [0.1, 0.15) is 0 Å². The molecule has 1 aliphatic rings. The van der Waals surface area contributed by atoms with Gasteiger partial charge in [-0.05, 0) is 64.7 Å². The molecule has 36 heavy (non-hydrogen) atoms. The van der Waals surface area contributed by atoms with Gasteiger partial charge in [0.25, 0.3) is 0 Å². The molecule has 0 atom stereocenters. The number of hydrogen-bond acceptors (Lipinski definition) is 6. The predicted molar refractivity (Wildman–Crippen MR) is 145 cm³/mol. The van der Waals surface area contributed by atoms with Crippen LogP contribution in [0.15, 0.2) is 28.7 Å². The molecule has 9 heteroatoms. The summed E-state index contributed by atoms with van der Waals surface area (Å²) in [6.45, 7) is 4.36. The predicted octanol–water partition coefficient (Wildman–Crippen LogP) is 6.78. The second-order valence-electron chi connectivity index (χ2n) is 9.57. The van der Waals surface area contributed by atoms with Crippen LogP contribution in [0.3, 0.4) is 0 Å². The average Bonchev–Trinajstić information content (AvgIpc) is 3.20. The zero-order valence-corrected chi connectivity index (χ0v) is 23.5. The van der Waals surface area contributed by atoms with Crippen molar-refractivity contribution in [1.29, 1.82) is 0 Å². The standard InChI is InChI=1S/C27H34BrNO6S/c1-17(2)12-13-21(30)29(15-18-8-5-4-6-9-18)20-11-7-10-19(14-20)25-23(28)24(35-16-22(31)32)26(36-25)27(33)34-3/h7,10-11,14,17-18H,4-6,8-9,12-13,15-16H2,1-3H3,(H,31,32). The van der Waals surface area contributed by atoms with Gasteiger partial charge in [0, 0.05) is 18.7 Å². The van der Waals surface area contributed by atoms with Gasteiger partial charge in [0.2, 0.25) is 5.91 Å². The Morgan fingerprint density at radius 2 is 1.92 bits per heavy atom. The number of nitrogens with zero attached hydrogens (tertiary/aromatic N) is 1. The number of benzene rings is 1. The molecule has 1 N–H and O–H groups in total. The van der Waals surface area contributed by atoms with E-state index in [4.69, 9.17) is 14.6 Å². The fraction of sp³-hybridized carbons (Fsp3) is 0.519. The molecule has 7 nitrogen and oxygen atoms in total. The van der Waals surface area contributed by atoms with Crippen LogP contribution < -0.4 is 9.64 Å². The van der Waals surface area contributed by atoms with Crippen LogP contribution in [0.4, 0.5) is 5.69 Å². The van der Waals surface area contributed by atoms with Crippen molar-refractivity contribution in [2.45, 2.75) is 58.8 Å². The first-order chi connectivity index (χ1) is 17.2. The van der Waals surface area contributed by atoms with Crippen LogP contribution in [0, 0.1) is 11.8 Å². The summed E-state index contributed by atoms with van der Waals surface area (Å²) in [5.41, 5.74) is 1.62. The number of carboxylic acids is 1. The van der Waals surface area contributed by atoms with E-state index in [1.807, 2.05) is 29.2 Å². The number of carbonyl (C=O) groups is 3. The molecule has 1 aromatic heterocycles. The van der Waals surface area contributed by atoms with E-state index in [0.717, 1.165) is 41.9 Å². The van der Waals surface area contributed by atoms with Gasteiger partial charge >= 0.3 is 11.9 Å². The van der Waals surface area contributed by atoms with Crippen LogP contribution in [0.2, 0.25) is 0 Å². The first-order valence-electron chi connectivity index (χ1n) is 12.4. The van der Waals surface area contributed by atoms with Gasteiger partial charge in [-0.3, -0.25) is 4.79 Å². The Hall–Kier alpha value is -2.39. The number of rotatable bonds is 11. The molecule has 0 bridgehead atoms. The van der Waals surface area contributed by atoms with Crippen molar-refractivity contribution < 1.29 is 29.0 Å². The maximum atomic E-state index is 13.4. The number of ether oxygens (including phenoxy) is 2. The number of halogens is 1. The Labute approximate surface area is 224 Å². The summed E-state index contributed by atoms with van der Waals surface area (Å²) in [5.74, 6) is -0.559. The summed E-state index contributed by atoms with van der Waals surface area (Å²) in [4.78, 5) is 39.6. The van der Waals surface area contributed by atoms with Crippen LogP contribution in [0.25, 0.3) is 10.4 Å². The van der Waals surface area contributed by atoms with Crippen molar-refractivity contribution in [1.82, 2.24) is 0 Å². The van der Waals surface area contributed by atoms with E-state index in [-0.39, 0.29) is 16.5 Å². The number of methoxy groups -OCH3 is 1. The van der Waals surface area contributed by atoms with Crippen LogP contribution in [-0.4, -0.2) is 43.2 Å². The molecule has 0 unspecified atom stereocenters. The third kappa shape index (κ3) is 7.32. The van der Waals surface area contributed by atoms with Crippen LogP contribution in [0.1, 0.15) is 68.5 Å². The van der Waals surface area contributed by atoms with Gasteiger partial charge in [-0.25, -0.2) is 9.59 Å². The number of anilines is 1. The van der Waals surface area contributed by atoms with E-state index in [1.165, 1.54) is 26.4 Å². The molecule has 1 aromatic carbocycles. The van der Waals surface area contributed by atoms with Gasteiger partial charge in [-0.1, -0.05) is 45.2 Å². The Bertz CT molecular complexity index is 1080. The fourth-order valence-corrected chi connectivity index (χ4v) is 6.38. The first kappa shape index (κ1) is 28.2. The molecular formula is C27H34BrNO6S. The topological polar surface area (TPSA) is 93.1 Å². The molecule has 196 valence electrons. The lowest BCUT2D eigenvalue weighted by Crippen LogP contribution is -2.36. The molecule has 1 fully saturated rings. The van der Waals surface area contributed by atoms with Crippen molar-refractivity contribution >= 4 is 50.8 Å². The molecule has 2 aromatic rings. The SMILES string of the molecule is COC(=O)c1sc(-c2cccc(N(CC3CCCCC3)C(=O)CCC(C)C)c2)c(Br)c1OCC(=O)O. The van der Waals surface area contributed by atoms with E-state index in [2.05, 4.69) is 29.8 Å². The fourth-order valence-electron chi connectivity index (χ4n) is 4.41. The van der Waals surface area contributed by atoms with E-state index in [1.54, 1.807) is 0 Å². The van der Waals surface area contributed by atoms with Crippen molar-refractivity contribution in [2.75, 3.05) is 25.2 Å². The minimum Gasteiger partial charge on any atom is -0.479 e. The molecule has 0 radical (unpaired) electrons. The Morgan fingerprint density at radius 1 is 1.19 bits per heavy atom. The number of aliphatic carboxylic acids is 1. The normalized spacial score (nSPS) is 14.0. The van der Waals surface area contributed by atoms with E-state index >= 15 is 0 Å². The number of thiophene rings is 1. The van der Waals surface area contributed by atoms with Gasteiger partial charge < -0.3 is 19.5 Å².